The normalized spacial score (nSPS) is 11.1. The molecule has 152 valence electrons. The van der Waals surface area contributed by atoms with Crippen LogP contribution in [0.4, 0.5) is 5.69 Å². The molecule has 3 nitrogen and oxygen atoms in total. The van der Waals surface area contributed by atoms with Crippen molar-refractivity contribution in [2.75, 3.05) is 5.32 Å². The number of para-hydroxylation sites is 1. The lowest BCUT2D eigenvalue weighted by molar-refractivity contribution is 0.102. The zero-order valence-corrected chi connectivity index (χ0v) is 17.5. The van der Waals surface area contributed by atoms with Crippen LogP contribution >= 0.6 is 0 Å². The van der Waals surface area contributed by atoms with Crippen molar-refractivity contribution < 1.29 is 4.79 Å². The first kappa shape index (κ1) is 19.1. The van der Waals surface area contributed by atoms with Gasteiger partial charge in [-0.25, -0.2) is 0 Å². The van der Waals surface area contributed by atoms with Crippen LogP contribution in [-0.4, -0.2) is 10.9 Å². The molecule has 0 unspecified atom stereocenters. The van der Waals surface area contributed by atoms with E-state index in [4.69, 9.17) is 0 Å². The number of aryl methyl sites for hydroxylation is 1. The van der Waals surface area contributed by atoms with Gasteiger partial charge in [-0.05, 0) is 65.1 Å². The number of H-pyrrole nitrogens is 1. The highest BCUT2D eigenvalue weighted by Gasteiger charge is 2.11. The van der Waals surface area contributed by atoms with Crippen molar-refractivity contribution in [1.82, 2.24) is 4.98 Å². The predicted octanol–water partition coefficient (Wildman–Crippen LogP) is 6.73. The number of benzene rings is 4. The largest absolute Gasteiger partial charge is 0.358 e. The molecule has 0 saturated carbocycles. The second-order valence-corrected chi connectivity index (χ2v) is 7.87. The highest BCUT2D eigenvalue weighted by atomic mass is 16.1. The Labute approximate surface area is 181 Å². The van der Waals surface area contributed by atoms with Crippen molar-refractivity contribution in [3.8, 4) is 0 Å². The molecule has 0 atom stereocenters. The standard InChI is InChI=1S/C28H24N2O/c1-2-26-25(24-9-5-6-10-27(24)30-26)17-19-11-15-23(16-12-19)29-28(31)22-14-13-20-7-3-4-8-21(20)18-22/h3-16,18,30H,2,17H2,1H3,(H,29,31). The Morgan fingerprint density at radius 3 is 2.39 bits per heavy atom. The van der Waals surface area contributed by atoms with Crippen molar-refractivity contribution in [3.05, 3.63) is 113 Å². The van der Waals surface area contributed by atoms with E-state index in [1.165, 1.54) is 27.7 Å². The Bertz CT molecular complexity index is 1380. The monoisotopic (exact) mass is 404 g/mol. The second kappa shape index (κ2) is 8.11. The summed E-state index contributed by atoms with van der Waals surface area (Å²) in [6.07, 6.45) is 1.84. The Kier molecular flexibility index (Phi) is 5.01. The molecule has 2 N–H and O–H groups in total. The number of hydrogen-bond donors (Lipinski definition) is 2. The fraction of sp³-hybridized carbons (Fsp3) is 0.107. The summed E-state index contributed by atoms with van der Waals surface area (Å²) in [4.78, 5) is 16.3. The van der Waals surface area contributed by atoms with E-state index in [1.54, 1.807) is 0 Å². The molecular formula is C28H24N2O. The summed E-state index contributed by atoms with van der Waals surface area (Å²) in [6.45, 7) is 2.18. The number of amides is 1. The summed E-state index contributed by atoms with van der Waals surface area (Å²) in [5, 5.41) is 6.50. The van der Waals surface area contributed by atoms with Gasteiger partial charge in [0.15, 0.2) is 0 Å². The average Bonchev–Trinajstić information content (AvgIpc) is 3.17. The SMILES string of the molecule is CCc1[nH]c2ccccc2c1Cc1ccc(NC(=O)c2ccc3ccccc3c2)cc1. The van der Waals surface area contributed by atoms with E-state index >= 15 is 0 Å². The number of hydrogen-bond acceptors (Lipinski definition) is 1. The number of carbonyl (C=O) groups is 1. The average molecular weight is 405 g/mol. The van der Waals surface area contributed by atoms with E-state index in [0.29, 0.717) is 5.56 Å². The molecule has 0 fully saturated rings. The van der Waals surface area contributed by atoms with E-state index in [1.807, 2.05) is 54.6 Å². The predicted molar refractivity (Wildman–Crippen MR) is 129 cm³/mol. The number of aromatic nitrogens is 1. The third kappa shape index (κ3) is 3.82. The zero-order valence-electron chi connectivity index (χ0n) is 17.5. The zero-order chi connectivity index (χ0) is 21.2. The summed E-state index contributed by atoms with van der Waals surface area (Å²) in [5.74, 6) is -0.0941. The third-order valence-electron chi connectivity index (χ3n) is 5.86. The highest BCUT2D eigenvalue weighted by Crippen LogP contribution is 2.26. The van der Waals surface area contributed by atoms with Crippen LogP contribution in [-0.2, 0) is 12.8 Å². The molecule has 5 rings (SSSR count). The Hall–Kier alpha value is -3.85. The van der Waals surface area contributed by atoms with Crippen LogP contribution in [0.2, 0.25) is 0 Å². The minimum atomic E-state index is -0.0941. The van der Waals surface area contributed by atoms with Crippen LogP contribution in [0.3, 0.4) is 0 Å². The van der Waals surface area contributed by atoms with Gasteiger partial charge in [0, 0.05) is 27.8 Å². The molecule has 3 heteroatoms. The lowest BCUT2D eigenvalue weighted by Crippen LogP contribution is -2.11. The number of carbonyl (C=O) groups excluding carboxylic acids is 1. The molecule has 5 aromatic rings. The summed E-state index contributed by atoms with van der Waals surface area (Å²) in [7, 11) is 0. The second-order valence-electron chi connectivity index (χ2n) is 7.87. The van der Waals surface area contributed by atoms with E-state index in [-0.39, 0.29) is 5.91 Å². The molecular weight excluding hydrogens is 380 g/mol. The van der Waals surface area contributed by atoms with Gasteiger partial charge in [-0.3, -0.25) is 4.79 Å². The van der Waals surface area contributed by atoms with Gasteiger partial charge < -0.3 is 10.3 Å². The number of rotatable bonds is 5. The smallest absolute Gasteiger partial charge is 0.255 e. The maximum atomic E-state index is 12.7. The topological polar surface area (TPSA) is 44.9 Å². The molecule has 1 heterocycles. The van der Waals surface area contributed by atoms with E-state index in [0.717, 1.165) is 29.3 Å². The van der Waals surface area contributed by atoms with Crippen molar-refractivity contribution in [2.45, 2.75) is 19.8 Å². The van der Waals surface area contributed by atoms with Gasteiger partial charge in [0.25, 0.3) is 5.91 Å². The number of aromatic amines is 1. The van der Waals surface area contributed by atoms with Crippen molar-refractivity contribution in [1.29, 1.82) is 0 Å². The molecule has 0 aliphatic rings. The van der Waals surface area contributed by atoms with Crippen LogP contribution in [0.5, 0.6) is 0 Å². The maximum absolute atomic E-state index is 12.7. The first-order valence-corrected chi connectivity index (χ1v) is 10.7. The molecule has 0 aliphatic carbocycles. The third-order valence-corrected chi connectivity index (χ3v) is 5.86. The lowest BCUT2D eigenvalue weighted by Gasteiger charge is -2.08. The van der Waals surface area contributed by atoms with Gasteiger partial charge >= 0.3 is 0 Å². The van der Waals surface area contributed by atoms with Crippen LogP contribution in [0, 0.1) is 0 Å². The molecule has 31 heavy (non-hydrogen) atoms. The lowest BCUT2D eigenvalue weighted by atomic mass is 10.0. The molecule has 0 spiro atoms. The summed E-state index contributed by atoms with van der Waals surface area (Å²) >= 11 is 0. The number of fused-ring (bicyclic) bond motifs is 2. The van der Waals surface area contributed by atoms with Gasteiger partial charge in [-0.1, -0.05) is 67.6 Å². The van der Waals surface area contributed by atoms with Crippen LogP contribution < -0.4 is 5.32 Å². The fourth-order valence-electron chi connectivity index (χ4n) is 4.20. The van der Waals surface area contributed by atoms with Gasteiger partial charge in [0.1, 0.15) is 0 Å². The summed E-state index contributed by atoms with van der Waals surface area (Å²) in [5.41, 5.74) is 6.52. The van der Waals surface area contributed by atoms with Crippen LogP contribution in [0.1, 0.15) is 34.1 Å². The van der Waals surface area contributed by atoms with E-state index in [2.05, 4.69) is 53.6 Å². The Morgan fingerprint density at radius 2 is 1.58 bits per heavy atom. The van der Waals surface area contributed by atoms with Crippen molar-refractivity contribution in [2.24, 2.45) is 0 Å². The van der Waals surface area contributed by atoms with E-state index < -0.39 is 0 Å². The first-order valence-electron chi connectivity index (χ1n) is 10.7. The van der Waals surface area contributed by atoms with E-state index in [9.17, 15) is 4.79 Å². The molecule has 0 bridgehead atoms. The molecule has 0 saturated heterocycles. The van der Waals surface area contributed by atoms with Crippen LogP contribution in [0.25, 0.3) is 21.7 Å². The van der Waals surface area contributed by atoms with Gasteiger partial charge in [0.05, 0.1) is 0 Å². The highest BCUT2D eigenvalue weighted by molar-refractivity contribution is 6.06. The fourth-order valence-corrected chi connectivity index (χ4v) is 4.20. The quantitative estimate of drug-likeness (QED) is 0.335. The Morgan fingerprint density at radius 1 is 0.839 bits per heavy atom. The van der Waals surface area contributed by atoms with Crippen molar-refractivity contribution in [3.63, 3.8) is 0 Å². The summed E-state index contributed by atoms with van der Waals surface area (Å²) in [6, 6.07) is 30.5. The molecule has 0 radical (unpaired) electrons. The minimum absolute atomic E-state index is 0.0941. The van der Waals surface area contributed by atoms with Gasteiger partial charge in [-0.15, -0.1) is 0 Å². The first-order chi connectivity index (χ1) is 15.2. The summed E-state index contributed by atoms with van der Waals surface area (Å²) < 4.78 is 0. The molecule has 1 amide bonds. The molecule has 0 aliphatic heterocycles. The number of anilines is 1. The van der Waals surface area contributed by atoms with Gasteiger partial charge in [-0.2, -0.15) is 0 Å². The van der Waals surface area contributed by atoms with Gasteiger partial charge in [0.2, 0.25) is 0 Å². The molecule has 4 aromatic carbocycles. The maximum Gasteiger partial charge on any atom is 0.255 e. The number of nitrogens with one attached hydrogen (secondary N) is 2. The van der Waals surface area contributed by atoms with Crippen LogP contribution in [0.15, 0.2) is 91.0 Å². The Balaban J connectivity index is 1.34. The molecule has 1 aromatic heterocycles. The minimum Gasteiger partial charge on any atom is -0.358 e. The van der Waals surface area contributed by atoms with Crippen molar-refractivity contribution >= 4 is 33.3 Å².